The minimum Gasteiger partial charge on any atom is -0.497 e. The van der Waals surface area contributed by atoms with Crippen LogP contribution in [0.3, 0.4) is 0 Å². The summed E-state index contributed by atoms with van der Waals surface area (Å²) in [6.07, 6.45) is 10.5. The Morgan fingerprint density at radius 3 is 1.92 bits per heavy atom. The summed E-state index contributed by atoms with van der Waals surface area (Å²) < 4.78 is 13.0. The molecule has 13 heteroatoms. The number of nitrogens with one attached hydrogen (secondary N) is 2. The number of benzene rings is 4. The van der Waals surface area contributed by atoms with Gasteiger partial charge in [-0.3, -0.25) is 14.8 Å². The lowest BCUT2D eigenvalue weighted by Crippen LogP contribution is -2.34. The van der Waals surface area contributed by atoms with E-state index in [-0.39, 0.29) is 11.8 Å². The molecule has 2 amide bonds. The lowest BCUT2D eigenvalue weighted by Gasteiger charge is -2.18. The molecule has 0 saturated carbocycles. The van der Waals surface area contributed by atoms with E-state index in [1.54, 1.807) is 45.2 Å². The fourth-order valence-electron chi connectivity index (χ4n) is 6.75. The standard InChI is InChI=1S/C46H35ClN6O4S2/c1-56-37-14-6-11-31(22-37)41(29-9-4-3-5-10-29)44(55)52-46-53(28-40(59-46)34-21-35(47)26-49-25-34)36-18-16-30(17-19-36)42(32-12-7-15-38(23-32)57-2)43(54)51-45-50-27-39(58-45)33-13-8-20-48-24-33/h3-28,41-42H,1-2H3,(H,50,51,54)/p+1. The second-order valence-corrected chi connectivity index (χ2v) is 15.8. The van der Waals surface area contributed by atoms with E-state index in [1.807, 2.05) is 132 Å². The lowest BCUT2D eigenvalue weighted by atomic mass is 9.90. The summed E-state index contributed by atoms with van der Waals surface area (Å²) in [5.41, 5.74) is 5.57. The number of methoxy groups -OCH3 is 2. The van der Waals surface area contributed by atoms with Crippen LogP contribution in [0.5, 0.6) is 11.5 Å². The highest BCUT2D eigenvalue weighted by atomic mass is 35.5. The van der Waals surface area contributed by atoms with Gasteiger partial charge in [-0.2, -0.15) is 9.88 Å². The third-order valence-corrected chi connectivity index (χ3v) is 11.8. The van der Waals surface area contributed by atoms with Gasteiger partial charge in [-0.25, -0.2) is 9.78 Å². The van der Waals surface area contributed by atoms with Crippen LogP contribution in [0.15, 0.2) is 159 Å². The summed E-state index contributed by atoms with van der Waals surface area (Å²) in [6.45, 7) is 0. The van der Waals surface area contributed by atoms with Gasteiger partial charge in [0.15, 0.2) is 5.13 Å². The monoisotopic (exact) mass is 835 g/mol. The van der Waals surface area contributed by atoms with Gasteiger partial charge >= 0.3 is 11.0 Å². The van der Waals surface area contributed by atoms with Crippen molar-refractivity contribution in [2.75, 3.05) is 24.9 Å². The molecule has 0 aliphatic heterocycles. The highest BCUT2D eigenvalue weighted by Crippen LogP contribution is 2.35. The summed E-state index contributed by atoms with van der Waals surface area (Å²) in [5, 5.41) is 7.82. The number of rotatable bonds is 13. The molecule has 0 aliphatic carbocycles. The van der Waals surface area contributed by atoms with Crippen molar-refractivity contribution in [3.05, 3.63) is 186 Å². The first kappa shape index (κ1) is 39.1. The fraction of sp³-hybridized carbons (Fsp3) is 0.0870. The molecule has 2 atom stereocenters. The molecule has 2 N–H and O–H groups in total. The van der Waals surface area contributed by atoms with Crippen molar-refractivity contribution in [2.24, 2.45) is 0 Å². The normalized spacial score (nSPS) is 12.0. The minimum absolute atomic E-state index is 0.226. The van der Waals surface area contributed by atoms with E-state index in [9.17, 15) is 9.59 Å². The summed E-state index contributed by atoms with van der Waals surface area (Å²) in [6, 6.07) is 38.0. The molecule has 8 aromatic rings. The number of pyridine rings is 2. The third kappa shape index (κ3) is 8.90. The number of hydrogen-bond acceptors (Lipinski definition) is 9. The molecule has 59 heavy (non-hydrogen) atoms. The molecule has 8 rings (SSSR count). The molecule has 4 aromatic heterocycles. The number of nitrogens with zero attached hydrogens (tertiary/aromatic N) is 4. The minimum atomic E-state index is -0.709. The molecule has 0 aliphatic rings. The second kappa shape index (κ2) is 17.8. The van der Waals surface area contributed by atoms with E-state index in [1.165, 1.54) is 22.7 Å². The van der Waals surface area contributed by atoms with Crippen molar-refractivity contribution in [1.82, 2.24) is 15.0 Å². The number of amides is 2. The average molecular weight is 836 g/mol. The van der Waals surface area contributed by atoms with Crippen LogP contribution in [0.1, 0.15) is 34.1 Å². The van der Waals surface area contributed by atoms with Crippen molar-refractivity contribution in [2.45, 2.75) is 11.8 Å². The Labute approximate surface area is 353 Å². The van der Waals surface area contributed by atoms with Gasteiger partial charge in [0.25, 0.3) is 0 Å². The first-order valence-corrected chi connectivity index (χ1v) is 20.5. The first-order chi connectivity index (χ1) is 28.9. The zero-order valence-electron chi connectivity index (χ0n) is 31.8. The molecule has 0 bridgehead atoms. The topological polar surface area (TPSA) is 119 Å². The van der Waals surface area contributed by atoms with E-state index in [4.69, 9.17) is 21.1 Å². The molecule has 2 unspecified atom stereocenters. The van der Waals surface area contributed by atoms with Gasteiger partial charge in [-0.15, -0.1) is 0 Å². The number of thiazole rings is 2. The molecule has 0 spiro atoms. The van der Waals surface area contributed by atoms with E-state index in [2.05, 4.69) is 25.6 Å². The molecule has 0 saturated heterocycles. The van der Waals surface area contributed by atoms with Crippen LogP contribution < -0.4 is 24.7 Å². The summed E-state index contributed by atoms with van der Waals surface area (Å²) in [4.78, 5) is 43.5. The van der Waals surface area contributed by atoms with E-state index in [0.29, 0.717) is 26.8 Å². The van der Waals surface area contributed by atoms with Gasteiger partial charge in [0.1, 0.15) is 29.3 Å². The van der Waals surface area contributed by atoms with Gasteiger partial charge in [-0.1, -0.05) is 95.7 Å². The maximum Gasteiger partial charge on any atom is 0.347 e. The summed E-state index contributed by atoms with van der Waals surface area (Å²) >= 11 is 9.15. The van der Waals surface area contributed by atoms with Crippen LogP contribution in [0, 0.1) is 0 Å². The maximum absolute atomic E-state index is 14.5. The first-order valence-electron chi connectivity index (χ1n) is 18.4. The van der Waals surface area contributed by atoms with Gasteiger partial charge in [0, 0.05) is 42.1 Å². The number of carbonyl (C=O) groups excluding carboxylic acids is 2. The Morgan fingerprint density at radius 1 is 0.627 bits per heavy atom. The number of carbonyl (C=O) groups is 2. The van der Waals surface area contributed by atoms with Crippen LogP contribution in [0.25, 0.3) is 26.6 Å². The predicted molar refractivity (Wildman–Crippen MR) is 233 cm³/mol. The quantitative estimate of drug-likeness (QED) is 0.111. The molecule has 0 fully saturated rings. The zero-order chi connectivity index (χ0) is 40.7. The third-order valence-electron chi connectivity index (χ3n) is 9.59. The highest BCUT2D eigenvalue weighted by molar-refractivity contribution is 7.19. The molecule has 0 radical (unpaired) electrons. The SMILES string of the molecule is COc1cccc(C(C(=O)Nc2ncc(-c3cccnc3)s2)c2ccc(-[n+]3cc(-c4cncc(Cl)c4)sc3NC(=O)C(c3ccccc3)c3cccc(OC)c3)cc2)c1. The van der Waals surface area contributed by atoms with Crippen molar-refractivity contribution < 1.29 is 23.6 Å². The number of ether oxygens (including phenoxy) is 2. The molecule has 4 aromatic carbocycles. The summed E-state index contributed by atoms with van der Waals surface area (Å²) in [5.74, 6) is -0.545. The number of hydrogen-bond donors (Lipinski definition) is 2. The Kier molecular flexibility index (Phi) is 11.8. The van der Waals surface area contributed by atoms with E-state index >= 15 is 0 Å². The van der Waals surface area contributed by atoms with Gasteiger partial charge in [-0.05, 0) is 82.1 Å². The van der Waals surface area contributed by atoms with Crippen molar-refractivity contribution >= 4 is 56.4 Å². The van der Waals surface area contributed by atoms with Gasteiger partial charge < -0.3 is 14.8 Å². The van der Waals surface area contributed by atoms with Crippen LogP contribution >= 0.6 is 34.3 Å². The van der Waals surface area contributed by atoms with Crippen LogP contribution in [-0.4, -0.2) is 41.0 Å². The van der Waals surface area contributed by atoms with Gasteiger partial charge in [0.05, 0.1) is 34.9 Å². The lowest BCUT2D eigenvalue weighted by molar-refractivity contribution is -0.575. The van der Waals surface area contributed by atoms with Crippen molar-refractivity contribution in [3.8, 4) is 38.1 Å². The predicted octanol–water partition coefficient (Wildman–Crippen LogP) is 9.82. The molecule has 10 nitrogen and oxygen atoms in total. The largest absolute Gasteiger partial charge is 0.497 e. The van der Waals surface area contributed by atoms with E-state index in [0.717, 1.165) is 48.8 Å². The molecule has 292 valence electrons. The second-order valence-electron chi connectivity index (χ2n) is 13.3. The van der Waals surface area contributed by atoms with Crippen LogP contribution in [-0.2, 0) is 9.59 Å². The average Bonchev–Trinajstić information content (AvgIpc) is 3.92. The summed E-state index contributed by atoms with van der Waals surface area (Å²) in [7, 11) is 3.20. The Balaban J connectivity index is 1.15. The fourth-order valence-corrected chi connectivity index (χ4v) is 8.73. The Hall–Kier alpha value is -6.73. The van der Waals surface area contributed by atoms with Crippen LogP contribution in [0.2, 0.25) is 5.02 Å². The van der Waals surface area contributed by atoms with Crippen molar-refractivity contribution in [1.29, 1.82) is 0 Å². The molecule has 4 heterocycles. The smallest absolute Gasteiger partial charge is 0.347 e. The van der Waals surface area contributed by atoms with Gasteiger partial charge in [0.2, 0.25) is 5.91 Å². The maximum atomic E-state index is 14.5. The van der Waals surface area contributed by atoms with Crippen LogP contribution in [0.4, 0.5) is 10.3 Å². The molecular weight excluding hydrogens is 800 g/mol. The Morgan fingerprint density at radius 2 is 1.27 bits per heavy atom. The highest BCUT2D eigenvalue weighted by Gasteiger charge is 2.31. The molecular formula is C46H36ClN6O4S2+. The zero-order valence-corrected chi connectivity index (χ0v) is 34.2. The van der Waals surface area contributed by atoms with Crippen molar-refractivity contribution in [3.63, 3.8) is 0 Å². The number of aromatic nitrogens is 4. The number of anilines is 2. The number of halogens is 1. The van der Waals surface area contributed by atoms with E-state index < -0.39 is 11.8 Å². The Bertz CT molecular complexity index is 2730.